The van der Waals surface area contributed by atoms with Crippen LogP contribution < -0.4 is 0 Å². The Labute approximate surface area is 133 Å². The van der Waals surface area contributed by atoms with Gasteiger partial charge in [-0.3, -0.25) is 14.6 Å². The summed E-state index contributed by atoms with van der Waals surface area (Å²) in [4.78, 5) is 19.2. The van der Waals surface area contributed by atoms with Gasteiger partial charge in [0, 0.05) is 42.6 Å². The number of rotatable bonds is 2. The number of hydrogen-bond acceptors (Lipinski definition) is 4. The highest BCUT2D eigenvalue weighted by Crippen LogP contribution is 2.33. The second kappa shape index (κ2) is 5.19. The number of hydrogen-bond donors (Lipinski definition) is 1. The molecule has 1 aliphatic heterocycles. The SMILES string of the molecule is Cc1[nH]nc2ncc(C(=O)N3CCCC3c3cnn(C)c3)cc12. The molecule has 0 saturated carbocycles. The second-order valence-corrected chi connectivity index (χ2v) is 6.05. The highest BCUT2D eigenvalue weighted by atomic mass is 16.2. The van der Waals surface area contributed by atoms with Crippen molar-refractivity contribution in [2.24, 2.45) is 7.05 Å². The lowest BCUT2D eigenvalue weighted by Crippen LogP contribution is -2.30. The molecule has 7 heteroatoms. The van der Waals surface area contributed by atoms with Crippen LogP contribution in [0.5, 0.6) is 0 Å². The number of H-pyrrole nitrogens is 1. The zero-order valence-electron chi connectivity index (χ0n) is 13.2. The summed E-state index contributed by atoms with van der Waals surface area (Å²) in [7, 11) is 1.89. The minimum absolute atomic E-state index is 0.0198. The van der Waals surface area contributed by atoms with E-state index in [4.69, 9.17) is 0 Å². The van der Waals surface area contributed by atoms with E-state index in [9.17, 15) is 4.79 Å². The summed E-state index contributed by atoms with van der Waals surface area (Å²) in [6.45, 7) is 2.69. The largest absolute Gasteiger partial charge is 0.331 e. The van der Waals surface area contributed by atoms with Gasteiger partial charge in [0.25, 0.3) is 5.91 Å². The third kappa shape index (κ3) is 2.28. The molecule has 1 N–H and O–H groups in total. The lowest BCUT2D eigenvalue weighted by molar-refractivity contribution is 0.0735. The first-order valence-electron chi connectivity index (χ1n) is 7.74. The monoisotopic (exact) mass is 310 g/mol. The number of fused-ring (bicyclic) bond motifs is 1. The molecule has 4 rings (SSSR count). The lowest BCUT2D eigenvalue weighted by Gasteiger charge is -2.23. The molecular formula is C16H18N6O. The average Bonchev–Trinajstić information content (AvgIpc) is 3.26. The van der Waals surface area contributed by atoms with Crippen LogP contribution in [0.2, 0.25) is 0 Å². The van der Waals surface area contributed by atoms with E-state index in [1.165, 1.54) is 0 Å². The quantitative estimate of drug-likeness (QED) is 0.785. The molecule has 7 nitrogen and oxygen atoms in total. The van der Waals surface area contributed by atoms with Gasteiger partial charge in [-0.1, -0.05) is 0 Å². The van der Waals surface area contributed by atoms with Gasteiger partial charge >= 0.3 is 0 Å². The number of carbonyl (C=O) groups excluding carboxylic acids is 1. The van der Waals surface area contributed by atoms with Gasteiger partial charge in [0.15, 0.2) is 5.65 Å². The topological polar surface area (TPSA) is 79.7 Å². The van der Waals surface area contributed by atoms with E-state index in [1.807, 2.05) is 37.3 Å². The van der Waals surface area contributed by atoms with Crippen molar-refractivity contribution in [3.05, 3.63) is 41.5 Å². The van der Waals surface area contributed by atoms with Gasteiger partial charge in [0.1, 0.15) is 0 Å². The summed E-state index contributed by atoms with van der Waals surface area (Å²) in [6, 6.07) is 1.97. The van der Waals surface area contributed by atoms with E-state index < -0.39 is 0 Å². The molecule has 0 aliphatic carbocycles. The minimum atomic E-state index is 0.0198. The van der Waals surface area contributed by atoms with E-state index in [2.05, 4.69) is 20.3 Å². The standard InChI is InChI=1S/C16H18N6O/c1-10-13-6-11(7-17-15(13)20-19-10)16(23)22-5-3-4-14(22)12-8-18-21(2)9-12/h6-9,14H,3-5H2,1-2H3,(H,17,19,20). The summed E-state index contributed by atoms with van der Waals surface area (Å²) in [6.07, 6.45) is 7.42. The first-order chi connectivity index (χ1) is 11.1. The molecule has 1 amide bonds. The number of aromatic amines is 1. The molecule has 4 heterocycles. The Kier molecular flexibility index (Phi) is 3.14. The van der Waals surface area contributed by atoms with Crippen molar-refractivity contribution in [2.45, 2.75) is 25.8 Å². The Bertz CT molecular complexity index is 880. The van der Waals surface area contributed by atoms with Gasteiger partial charge in [0.2, 0.25) is 0 Å². The Balaban J connectivity index is 1.67. The molecule has 1 unspecified atom stereocenters. The number of nitrogens with zero attached hydrogens (tertiary/aromatic N) is 5. The molecule has 0 radical (unpaired) electrons. The van der Waals surface area contributed by atoms with Crippen molar-refractivity contribution in [3.63, 3.8) is 0 Å². The predicted molar refractivity (Wildman–Crippen MR) is 84.8 cm³/mol. The summed E-state index contributed by atoms with van der Waals surface area (Å²) in [5.74, 6) is 0.0198. The Morgan fingerprint density at radius 3 is 3.04 bits per heavy atom. The van der Waals surface area contributed by atoms with Crippen LogP contribution in [-0.2, 0) is 7.05 Å². The van der Waals surface area contributed by atoms with Crippen molar-refractivity contribution in [1.82, 2.24) is 29.9 Å². The number of aromatic nitrogens is 5. The fourth-order valence-electron chi connectivity index (χ4n) is 3.27. The third-order valence-electron chi connectivity index (χ3n) is 4.47. The first-order valence-corrected chi connectivity index (χ1v) is 7.74. The van der Waals surface area contributed by atoms with Crippen molar-refractivity contribution in [3.8, 4) is 0 Å². The molecule has 1 fully saturated rings. The lowest BCUT2D eigenvalue weighted by atomic mass is 10.1. The summed E-state index contributed by atoms with van der Waals surface area (Å²) in [5.41, 5.74) is 3.27. The molecule has 1 saturated heterocycles. The molecular weight excluding hydrogens is 292 g/mol. The van der Waals surface area contributed by atoms with Gasteiger partial charge in [-0.25, -0.2) is 4.98 Å². The van der Waals surface area contributed by atoms with Gasteiger partial charge in [-0.2, -0.15) is 10.2 Å². The van der Waals surface area contributed by atoms with Gasteiger partial charge in [0.05, 0.1) is 17.8 Å². The highest BCUT2D eigenvalue weighted by Gasteiger charge is 2.31. The van der Waals surface area contributed by atoms with Crippen LogP contribution in [-0.4, -0.2) is 42.3 Å². The van der Waals surface area contributed by atoms with E-state index in [0.29, 0.717) is 11.2 Å². The maximum absolute atomic E-state index is 12.9. The number of likely N-dealkylation sites (tertiary alicyclic amines) is 1. The van der Waals surface area contributed by atoms with Crippen LogP contribution >= 0.6 is 0 Å². The number of carbonyl (C=O) groups is 1. The maximum Gasteiger partial charge on any atom is 0.255 e. The smallest absolute Gasteiger partial charge is 0.255 e. The molecule has 3 aromatic heterocycles. The molecule has 3 aromatic rings. The molecule has 0 spiro atoms. The Morgan fingerprint density at radius 1 is 1.39 bits per heavy atom. The normalized spacial score (nSPS) is 18.0. The maximum atomic E-state index is 12.9. The van der Waals surface area contributed by atoms with Crippen LogP contribution in [0.15, 0.2) is 24.7 Å². The zero-order chi connectivity index (χ0) is 16.0. The van der Waals surface area contributed by atoms with Crippen LogP contribution in [0.3, 0.4) is 0 Å². The fourth-order valence-corrected chi connectivity index (χ4v) is 3.27. The Morgan fingerprint density at radius 2 is 2.26 bits per heavy atom. The van der Waals surface area contributed by atoms with E-state index in [1.54, 1.807) is 10.9 Å². The van der Waals surface area contributed by atoms with Gasteiger partial charge in [-0.15, -0.1) is 0 Å². The molecule has 1 aliphatic rings. The summed E-state index contributed by atoms with van der Waals surface area (Å²) >= 11 is 0. The Hall–Kier alpha value is -2.70. The van der Waals surface area contributed by atoms with Gasteiger partial charge < -0.3 is 4.90 Å². The first kappa shape index (κ1) is 13.9. The molecule has 118 valence electrons. The number of nitrogens with one attached hydrogen (secondary N) is 1. The minimum Gasteiger partial charge on any atom is -0.331 e. The summed E-state index contributed by atoms with van der Waals surface area (Å²) < 4.78 is 1.78. The van der Waals surface area contributed by atoms with Crippen LogP contribution in [0.4, 0.5) is 0 Å². The summed E-state index contributed by atoms with van der Waals surface area (Å²) in [5, 5.41) is 12.1. The molecule has 23 heavy (non-hydrogen) atoms. The predicted octanol–water partition coefficient (Wildman–Crippen LogP) is 1.98. The van der Waals surface area contributed by atoms with Crippen molar-refractivity contribution < 1.29 is 4.79 Å². The zero-order valence-corrected chi connectivity index (χ0v) is 13.2. The average molecular weight is 310 g/mol. The molecule has 0 aromatic carbocycles. The van der Waals surface area contributed by atoms with Crippen LogP contribution in [0, 0.1) is 6.92 Å². The second-order valence-electron chi connectivity index (χ2n) is 6.05. The molecule has 1 atom stereocenters. The molecule has 0 bridgehead atoms. The van der Waals surface area contributed by atoms with Crippen LogP contribution in [0.1, 0.15) is 40.5 Å². The van der Waals surface area contributed by atoms with Gasteiger partial charge in [-0.05, 0) is 25.8 Å². The van der Waals surface area contributed by atoms with E-state index in [0.717, 1.165) is 36.0 Å². The van der Waals surface area contributed by atoms with Crippen molar-refractivity contribution in [2.75, 3.05) is 6.54 Å². The van der Waals surface area contributed by atoms with E-state index in [-0.39, 0.29) is 11.9 Å². The van der Waals surface area contributed by atoms with Crippen LogP contribution in [0.25, 0.3) is 11.0 Å². The number of amides is 1. The number of pyridine rings is 1. The third-order valence-corrected chi connectivity index (χ3v) is 4.47. The fraction of sp³-hybridized carbons (Fsp3) is 0.375. The van der Waals surface area contributed by atoms with E-state index >= 15 is 0 Å². The highest BCUT2D eigenvalue weighted by molar-refractivity contribution is 5.97. The van der Waals surface area contributed by atoms with Crippen molar-refractivity contribution in [1.29, 1.82) is 0 Å². The van der Waals surface area contributed by atoms with Crippen molar-refractivity contribution >= 4 is 16.9 Å². The number of aryl methyl sites for hydroxylation is 2.